The van der Waals surface area contributed by atoms with Crippen LogP contribution in [0.1, 0.15) is 0 Å². The summed E-state index contributed by atoms with van der Waals surface area (Å²) < 4.78 is 2.44. The van der Waals surface area contributed by atoms with Crippen molar-refractivity contribution in [2.75, 3.05) is 4.90 Å². The highest BCUT2D eigenvalue weighted by Crippen LogP contribution is 2.52. The van der Waals surface area contributed by atoms with Crippen LogP contribution in [0.2, 0.25) is 0 Å². The number of nitrogens with zero attached hydrogens (tertiary/aromatic N) is 2. The lowest BCUT2D eigenvalue weighted by atomic mass is 9.95. The van der Waals surface area contributed by atoms with Gasteiger partial charge in [0.25, 0.3) is 0 Å². The third kappa shape index (κ3) is 4.63. The number of rotatable bonds is 5. The molecule has 0 amide bonds. The Morgan fingerprint density at radius 3 is 1.91 bits per heavy atom. The maximum atomic E-state index is 2.44. The molecule has 1 aliphatic carbocycles. The SMILES string of the molecule is c1ccc(-c2cccc(N(c3ccc4c(c3)-c3c5ccccc5cc5cccc-4c35)c3ccc4c5ccccc5n(-c5ccc6ccccc6c5)c4c3)c2)cc1. The molecule has 0 saturated heterocycles. The predicted octanol–water partition coefficient (Wildman–Crippen LogP) is 15.0. The van der Waals surface area contributed by atoms with E-state index in [1.54, 1.807) is 0 Å². The smallest absolute Gasteiger partial charge is 0.0561 e. The van der Waals surface area contributed by atoms with Crippen molar-refractivity contribution in [2.45, 2.75) is 0 Å². The van der Waals surface area contributed by atoms with Crippen molar-refractivity contribution in [3.05, 3.63) is 206 Å². The van der Waals surface area contributed by atoms with Crippen LogP contribution in [0.3, 0.4) is 0 Å². The Kier molecular flexibility index (Phi) is 6.66. The van der Waals surface area contributed by atoms with Gasteiger partial charge in [-0.3, -0.25) is 0 Å². The average Bonchev–Trinajstić information content (AvgIpc) is 3.77. The van der Waals surface area contributed by atoms with Crippen LogP contribution in [0.5, 0.6) is 0 Å². The van der Waals surface area contributed by atoms with Gasteiger partial charge in [-0.15, -0.1) is 0 Å². The van der Waals surface area contributed by atoms with Crippen LogP contribution in [0, 0.1) is 0 Å². The van der Waals surface area contributed by atoms with Crippen LogP contribution in [0.25, 0.3) is 93.2 Å². The maximum Gasteiger partial charge on any atom is 0.0561 e. The van der Waals surface area contributed by atoms with E-state index < -0.39 is 0 Å². The first-order valence-electron chi connectivity index (χ1n) is 19.3. The lowest BCUT2D eigenvalue weighted by molar-refractivity contribution is 1.18. The van der Waals surface area contributed by atoms with Crippen LogP contribution < -0.4 is 4.90 Å². The second-order valence-electron chi connectivity index (χ2n) is 14.9. The van der Waals surface area contributed by atoms with Crippen molar-refractivity contribution in [1.82, 2.24) is 4.57 Å². The highest BCUT2D eigenvalue weighted by molar-refractivity contribution is 6.24. The minimum absolute atomic E-state index is 1.10. The van der Waals surface area contributed by atoms with Crippen molar-refractivity contribution >= 4 is 71.2 Å². The van der Waals surface area contributed by atoms with Gasteiger partial charge in [-0.2, -0.15) is 0 Å². The average molecular weight is 711 g/mol. The fraction of sp³-hybridized carbons (Fsp3) is 0. The molecule has 0 bridgehead atoms. The second kappa shape index (κ2) is 12.0. The van der Waals surface area contributed by atoms with Gasteiger partial charge in [0.05, 0.1) is 11.0 Å². The van der Waals surface area contributed by atoms with Crippen LogP contribution in [-0.2, 0) is 0 Å². The zero-order valence-corrected chi connectivity index (χ0v) is 30.5. The molecule has 11 aromatic rings. The molecule has 2 heteroatoms. The van der Waals surface area contributed by atoms with Gasteiger partial charge in [0.15, 0.2) is 0 Å². The van der Waals surface area contributed by atoms with Crippen molar-refractivity contribution in [1.29, 1.82) is 0 Å². The van der Waals surface area contributed by atoms with Gasteiger partial charge in [0.1, 0.15) is 0 Å². The normalized spacial score (nSPS) is 11.9. The Morgan fingerprint density at radius 2 is 1.00 bits per heavy atom. The predicted molar refractivity (Wildman–Crippen MR) is 238 cm³/mol. The molecule has 0 radical (unpaired) electrons. The summed E-state index contributed by atoms with van der Waals surface area (Å²) >= 11 is 0. The summed E-state index contributed by atoms with van der Waals surface area (Å²) in [5.74, 6) is 0. The van der Waals surface area contributed by atoms with Gasteiger partial charge < -0.3 is 9.47 Å². The number of anilines is 3. The zero-order chi connectivity index (χ0) is 36.7. The number of para-hydroxylation sites is 1. The fourth-order valence-electron chi connectivity index (χ4n) is 9.33. The standard InChI is InChI=1S/C54H34N2/c1-2-12-35(13-3-1)38-17-10-19-41(31-38)55(43-26-28-46-49-22-11-18-40-30-39-16-6-7-20-45(39)54(53(40)49)50(46)33-43)44-27-29-48-47-21-8-9-23-51(47)56(52(48)34-44)42-25-24-36-14-4-5-15-37(36)32-42/h1-34H. The largest absolute Gasteiger partial charge is 0.310 e. The topological polar surface area (TPSA) is 8.17 Å². The summed E-state index contributed by atoms with van der Waals surface area (Å²) in [6.45, 7) is 0. The van der Waals surface area contributed by atoms with Crippen LogP contribution in [-0.4, -0.2) is 4.57 Å². The molecule has 0 saturated carbocycles. The van der Waals surface area contributed by atoms with E-state index in [4.69, 9.17) is 0 Å². The summed E-state index contributed by atoms with van der Waals surface area (Å²) in [5, 5.41) is 10.1. The molecule has 1 aliphatic rings. The van der Waals surface area contributed by atoms with Gasteiger partial charge in [-0.25, -0.2) is 0 Å². The summed E-state index contributed by atoms with van der Waals surface area (Å²) in [4.78, 5) is 2.44. The molecule has 260 valence electrons. The fourth-order valence-corrected chi connectivity index (χ4v) is 9.33. The van der Waals surface area contributed by atoms with E-state index in [1.807, 2.05) is 0 Å². The number of hydrogen-bond donors (Lipinski definition) is 0. The van der Waals surface area contributed by atoms with Crippen molar-refractivity contribution < 1.29 is 0 Å². The molecule has 10 aromatic carbocycles. The van der Waals surface area contributed by atoms with E-state index in [0.717, 1.165) is 22.7 Å². The molecule has 1 aromatic heterocycles. The first-order chi connectivity index (χ1) is 27.8. The maximum absolute atomic E-state index is 2.44. The lowest BCUT2D eigenvalue weighted by Gasteiger charge is -2.27. The van der Waals surface area contributed by atoms with Crippen LogP contribution in [0.4, 0.5) is 17.1 Å². The van der Waals surface area contributed by atoms with Gasteiger partial charge in [0, 0.05) is 33.5 Å². The summed E-state index contributed by atoms with van der Waals surface area (Å²) in [6.07, 6.45) is 0. The van der Waals surface area contributed by atoms with Crippen molar-refractivity contribution in [3.8, 4) is 39.1 Å². The van der Waals surface area contributed by atoms with Crippen molar-refractivity contribution in [3.63, 3.8) is 0 Å². The number of fused-ring (bicyclic) bond motifs is 9. The Labute approximate surface area is 324 Å². The molecule has 0 fully saturated rings. The Bertz CT molecular complexity index is 3370. The van der Waals surface area contributed by atoms with Crippen LogP contribution in [0.15, 0.2) is 206 Å². The molecule has 0 unspecified atom stereocenters. The first-order valence-corrected chi connectivity index (χ1v) is 19.3. The second-order valence-corrected chi connectivity index (χ2v) is 14.9. The molecule has 0 atom stereocenters. The monoisotopic (exact) mass is 710 g/mol. The summed E-state index contributed by atoms with van der Waals surface area (Å²) in [5.41, 5.74) is 14.4. The summed E-state index contributed by atoms with van der Waals surface area (Å²) in [6, 6.07) is 75.9. The Hall–Kier alpha value is -7.42. The van der Waals surface area contributed by atoms with E-state index in [1.165, 1.54) is 87.5 Å². The highest BCUT2D eigenvalue weighted by Gasteiger charge is 2.26. The molecule has 0 N–H and O–H groups in total. The molecule has 0 spiro atoms. The number of aromatic nitrogens is 1. The molecule has 12 rings (SSSR count). The van der Waals surface area contributed by atoms with E-state index >= 15 is 0 Å². The third-order valence-electron chi connectivity index (χ3n) is 11.8. The third-order valence-corrected chi connectivity index (χ3v) is 11.8. The van der Waals surface area contributed by atoms with E-state index in [2.05, 4.69) is 216 Å². The molecule has 0 aliphatic heterocycles. The zero-order valence-electron chi connectivity index (χ0n) is 30.5. The van der Waals surface area contributed by atoms with Crippen molar-refractivity contribution in [2.24, 2.45) is 0 Å². The molecule has 56 heavy (non-hydrogen) atoms. The Morgan fingerprint density at radius 1 is 0.321 bits per heavy atom. The minimum Gasteiger partial charge on any atom is -0.310 e. The number of hydrogen-bond acceptors (Lipinski definition) is 1. The van der Waals surface area contributed by atoms with Gasteiger partial charge in [-0.05, 0) is 126 Å². The van der Waals surface area contributed by atoms with E-state index in [-0.39, 0.29) is 0 Å². The van der Waals surface area contributed by atoms with E-state index in [0.29, 0.717) is 0 Å². The molecular weight excluding hydrogens is 677 g/mol. The highest BCUT2D eigenvalue weighted by atomic mass is 15.1. The van der Waals surface area contributed by atoms with Gasteiger partial charge in [-0.1, -0.05) is 146 Å². The van der Waals surface area contributed by atoms with Gasteiger partial charge >= 0.3 is 0 Å². The first kappa shape index (κ1) is 31.0. The Balaban J connectivity index is 1.12. The molecular formula is C54H34N2. The van der Waals surface area contributed by atoms with Crippen LogP contribution >= 0.6 is 0 Å². The molecule has 2 nitrogen and oxygen atoms in total. The molecule has 1 heterocycles. The summed E-state index contributed by atoms with van der Waals surface area (Å²) in [7, 11) is 0. The van der Waals surface area contributed by atoms with E-state index in [9.17, 15) is 0 Å². The minimum atomic E-state index is 1.10. The lowest BCUT2D eigenvalue weighted by Crippen LogP contribution is -2.10. The van der Waals surface area contributed by atoms with Gasteiger partial charge in [0.2, 0.25) is 0 Å². The quantitative estimate of drug-likeness (QED) is 0.161. The number of benzene rings is 10.